The van der Waals surface area contributed by atoms with Gasteiger partial charge in [0.15, 0.2) is 0 Å². The fraction of sp³-hybridized carbons (Fsp3) is 0.435. The van der Waals surface area contributed by atoms with Crippen molar-refractivity contribution in [2.24, 2.45) is 0 Å². The zero-order valence-corrected chi connectivity index (χ0v) is 19.2. The number of benzene rings is 1. The Morgan fingerprint density at radius 1 is 1.19 bits per heavy atom. The summed E-state index contributed by atoms with van der Waals surface area (Å²) in [5.41, 5.74) is 2.69. The summed E-state index contributed by atoms with van der Waals surface area (Å²) < 4.78 is 53.8. The number of pyridine rings is 1. The highest BCUT2D eigenvalue weighted by Gasteiger charge is 2.30. The minimum atomic E-state index is -3.61. The average Bonchev–Trinajstić information content (AvgIpc) is 2.75. The van der Waals surface area contributed by atoms with Gasteiger partial charge in [-0.15, -0.1) is 0 Å². The van der Waals surface area contributed by atoms with Crippen molar-refractivity contribution in [3.63, 3.8) is 0 Å². The van der Waals surface area contributed by atoms with Gasteiger partial charge in [-0.2, -0.15) is 4.31 Å². The van der Waals surface area contributed by atoms with Crippen LogP contribution in [-0.4, -0.2) is 62.3 Å². The molecule has 0 atom stereocenters. The first kappa shape index (κ1) is 23.5. The van der Waals surface area contributed by atoms with Crippen molar-refractivity contribution < 1.29 is 17.2 Å². The summed E-state index contributed by atoms with van der Waals surface area (Å²) in [6, 6.07) is 8.35. The molecule has 1 aromatic carbocycles. The third-order valence-electron chi connectivity index (χ3n) is 5.95. The van der Waals surface area contributed by atoms with E-state index in [1.165, 1.54) is 17.3 Å². The van der Waals surface area contributed by atoms with Gasteiger partial charge in [0, 0.05) is 30.5 Å². The average molecular weight is 450 g/mol. The first-order chi connectivity index (χ1) is 14.6. The maximum Gasteiger partial charge on any atom is 0.259 e. The molecule has 1 aliphatic rings. The van der Waals surface area contributed by atoms with E-state index in [0.717, 1.165) is 37.1 Å². The maximum absolute atomic E-state index is 13.1. The van der Waals surface area contributed by atoms with Crippen molar-refractivity contribution in [2.45, 2.75) is 44.1 Å². The second kappa shape index (κ2) is 9.54. The van der Waals surface area contributed by atoms with E-state index in [-0.39, 0.29) is 16.5 Å². The quantitative estimate of drug-likeness (QED) is 0.654. The molecule has 1 aromatic heterocycles. The molecule has 3 rings (SSSR count). The predicted octanol–water partition coefficient (Wildman–Crippen LogP) is 4.44. The Morgan fingerprint density at radius 3 is 2.39 bits per heavy atom. The van der Waals surface area contributed by atoms with Gasteiger partial charge in [0.25, 0.3) is 6.43 Å². The SMILES string of the molecule is C/C(=C\c1c(-c2ccc(S(=O)(=O)N(C)C3CCN(C)CC3)cc2)ccnc1C)C(F)F. The molecule has 2 aromatic rings. The lowest BCUT2D eigenvalue weighted by Gasteiger charge is -2.34. The Morgan fingerprint density at radius 2 is 1.81 bits per heavy atom. The van der Waals surface area contributed by atoms with Crippen molar-refractivity contribution in [1.29, 1.82) is 0 Å². The van der Waals surface area contributed by atoms with Crippen LogP contribution in [0.4, 0.5) is 8.78 Å². The molecule has 1 saturated heterocycles. The number of aromatic nitrogens is 1. The lowest BCUT2D eigenvalue weighted by atomic mass is 9.98. The van der Waals surface area contributed by atoms with Crippen molar-refractivity contribution in [1.82, 2.24) is 14.2 Å². The predicted molar refractivity (Wildman–Crippen MR) is 120 cm³/mol. The third-order valence-corrected chi connectivity index (χ3v) is 7.87. The number of nitrogens with zero attached hydrogens (tertiary/aromatic N) is 3. The molecule has 0 bridgehead atoms. The molecule has 0 N–H and O–H groups in total. The highest BCUT2D eigenvalue weighted by molar-refractivity contribution is 7.89. The monoisotopic (exact) mass is 449 g/mol. The van der Waals surface area contributed by atoms with Crippen molar-refractivity contribution >= 4 is 16.1 Å². The number of aryl methyl sites for hydroxylation is 1. The second-order valence-electron chi connectivity index (χ2n) is 8.13. The summed E-state index contributed by atoms with van der Waals surface area (Å²) in [5, 5.41) is 0. The molecule has 168 valence electrons. The largest absolute Gasteiger partial charge is 0.306 e. The van der Waals surface area contributed by atoms with E-state index in [9.17, 15) is 17.2 Å². The molecule has 31 heavy (non-hydrogen) atoms. The Bertz CT molecular complexity index is 1040. The van der Waals surface area contributed by atoms with Crippen molar-refractivity contribution in [3.8, 4) is 11.1 Å². The number of allylic oxidation sites excluding steroid dienone is 1. The minimum absolute atomic E-state index is 0.0159. The van der Waals surface area contributed by atoms with Gasteiger partial charge in [-0.05, 0) is 87.8 Å². The third kappa shape index (κ3) is 5.19. The lowest BCUT2D eigenvalue weighted by molar-refractivity contribution is 0.191. The van der Waals surface area contributed by atoms with Crippen LogP contribution >= 0.6 is 0 Å². The number of hydrogen-bond acceptors (Lipinski definition) is 4. The Kier molecular flexibility index (Phi) is 7.24. The number of halogens is 2. The first-order valence-corrected chi connectivity index (χ1v) is 11.7. The van der Waals surface area contributed by atoms with E-state index < -0.39 is 16.4 Å². The maximum atomic E-state index is 13.1. The molecule has 2 heterocycles. The van der Waals surface area contributed by atoms with Gasteiger partial charge in [0.2, 0.25) is 10.0 Å². The fourth-order valence-electron chi connectivity index (χ4n) is 3.83. The Balaban J connectivity index is 1.90. The van der Waals surface area contributed by atoms with Gasteiger partial charge in [-0.3, -0.25) is 4.98 Å². The summed E-state index contributed by atoms with van der Waals surface area (Å²) in [7, 11) is 0.0664. The second-order valence-corrected chi connectivity index (χ2v) is 10.1. The molecule has 0 unspecified atom stereocenters. The number of hydrogen-bond donors (Lipinski definition) is 0. The number of sulfonamides is 1. The summed E-state index contributed by atoms with van der Waals surface area (Å²) in [5.74, 6) is 0. The molecular formula is C23H29F2N3O2S. The molecule has 0 saturated carbocycles. The van der Waals surface area contributed by atoms with Gasteiger partial charge in [-0.25, -0.2) is 17.2 Å². The van der Waals surface area contributed by atoms with E-state index in [1.807, 2.05) is 7.05 Å². The molecule has 0 radical (unpaired) electrons. The van der Waals surface area contributed by atoms with Crippen molar-refractivity contribution in [2.75, 3.05) is 27.2 Å². The van der Waals surface area contributed by atoms with Gasteiger partial charge in [-0.1, -0.05) is 12.1 Å². The van der Waals surface area contributed by atoms with Crippen LogP contribution < -0.4 is 0 Å². The molecular weight excluding hydrogens is 420 g/mol. The summed E-state index contributed by atoms with van der Waals surface area (Å²) >= 11 is 0. The zero-order chi connectivity index (χ0) is 22.8. The van der Waals surface area contributed by atoms with Crippen LogP contribution in [-0.2, 0) is 10.0 Å². The molecule has 0 spiro atoms. The van der Waals surface area contributed by atoms with Crippen LogP contribution in [0.25, 0.3) is 17.2 Å². The molecule has 1 aliphatic heterocycles. The topological polar surface area (TPSA) is 53.5 Å². The lowest BCUT2D eigenvalue weighted by Crippen LogP contribution is -2.44. The molecule has 0 amide bonds. The van der Waals surface area contributed by atoms with Gasteiger partial charge >= 0.3 is 0 Å². The molecule has 1 fully saturated rings. The summed E-state index contributed by atoms with van der Waals surface area (Å²) in [4.78, 5) is 6.64. The number of rotatable bonds is 6. The fourth-order valence-corrected chi connectivity index (χ4v) is 5.25. The smallest absolute Gasteiger partial charge is 0.259 e. The van der Waals surface area contributed by atoms with E-state index >= 15 is 0 Å². The molecule has 5 nitrogen and oxygen atoms in total. The van der Waals surface area contributed by atoms with E-state index in [0.29, 0.717) is 11.3 Å². The molecule has 0 aliphatic carbocycles. The summed E-state index contributed by atoms with van der Waals surface area (Å²) in [6.45, 7) is 4.90. The standard InChI is InChI=1S/C23H29F2N3O2S/c1-16(23(24)25)15-22-17(2)26-12-9-21(22)18-5-7-20(8-6-18)31(29,30)28(4)19-10-13-27(3)14-11-19/h5-9,12,15,19,23H,10-11,13-14H2,1-4H3/b16-15+. The van der Waals surface area contributed by atoms with Crippen LogP contribution in [0.2, 0.25) is 0 Å². The Hall–Kier alpha value is -2.16. The minimum Gasteiger partial charge on any atom is -0.306 e. The normalized spacial score (nSPS) is 17.0. The van der Waals surface area contributed by atoms with Gasteiger partial charge in [0.1, 0.15) is 0 Å². The number of alkyl halides is 2. The highest BCUT2D eigenvalue weighted by Crippen LogP contribution is 2.30. The van der Waals surface area contributed by atoms with Crippen molar-refractivity contribution in [3.05, 3.63) is 53.4 Å². The highest BCUT2D eigenvalue weighted by atomic mass is 32.2. The Labute approximate surface area is 183 Å². The number of piperidine rings is 1. The van der Waals surface area contributed by atoms with Gasteiger partial charge < -0.3 is 4.90 Å². The summed E-state index contributed by atoms with van der Waals surface area (Å²) in [6.07, 6.45) is 2.13. The van der Waals surface area contributed by atoms with Crippen LogP contribution in [0.1, 0.15) is 31.0 Å². The number of likely N-dealkylation sites (tertiary alicyclic amines) is 1. The van der Waals surface area contributed by atoms with Crippen LogP contribution in [0.15, 0.2) is 47.0 Å². The zero-order valence-electron chi connectivity index (χ0n) is 18.3. The van der Waals surface area contributed by atoms with Crippen LogP contribution in [0.3, 0.4) is 0 Å². The van der Waals surface area contributed by atoms with E-state index in [2.05, 4.69) is 9.88 Å². The van der Waals surface area contributed by atoms with E-state index in [1.54, 1.807) is 50.5 Å². The van der Waals surface area contributed by atoms with Crippen LogP contribution in [0.5, 0.6) is 0 Å². The van der Waals surface area contributed by atoms with Gasteiger partial charge in [0.05, 0.1) is 4.90 Å². The molecule has 8 heteroatoms. The van der Waals surface area contributed by atoms with E-state index in [4.69, 9.17) is 0 Å². The van der Waals surface area contributed by atoms with Crippen LogP contribution in [0, 0.1) is 6.92 Å². The first-order valence-electron chi connectivity index (χ1n) is 10.3.